The van der Waals surface area contributed by atoms with Gasteiger partial charge in [0.1, 0.15) is 17.5 Å². The van der Waals surface area contributed by atoms with Crippen LogP contribution >= 0.6 is 23.1 Å². The average molecular weight is 336 g/mol. The highest BCUT2D eigenvalue weighted by Crippen LogP contribution is 2.56. The Labute approximate surface area is 135 Å². The van der Waals surface area contributed by atoms with Crippen LogP contribution in [0, 0.1) is 0 Å². The lowest BCUT2D eigenvalue weighted by atomic mass is 9.95. The molecule has 2 aliphatic heterocycles. The first-order valence-electron chi connectivity index (χ1n) is 7.03. The smallest absolute Gasteiger partial charge is 0.244 e. The fraction of sp³-hybridized carbons (Fsp3) is 0.538. The zero-order valence-electron chi connectivity index (χ0n) is 12.2. The number of hydrogen-bond donors (Lipinski definition) is 1. The van der Waals surface area contributed by atoms with Crippen LogP contribution < -0.4 is 5.73 Å². The van der Waals surface area contributed by atoms with E-state index in [1.807, 2.05) is 16.3 Å². The molecule has 2 aromatic rings. The molecular weight excluding hydrogens is 320 g/mol. The molecule has 0 bridgehead atoms. The molecule has 2 fully saturated rings. The van der Waals surface area contributed by atoms with Gasteiger partial charge in [-0.1, -0.05) is 6.07 Å². The van der Waals surface area contributed by atoms with Gasteiger partial charge in [-0.25, -0.2) is 4.68 Å². The van der Waals surface area contributed by atoms with Crippen LogP contribution in [0.4, 0.5) is 0 Å². The van der Waals surface area contributed by atoms with Crippen molar-refractivity contribution in [1.82, 2.24) is 25.1 Å². The van der Waals surface area contributed by atoms with Crippen molar-refractivity contribution in [2.24, 2.45) is 5.73 Å². The Balaban J connectivity index is 1.70. The van der Waals surface area contributed by atoms with E-state index in [2.05, 4.69) is 35.4 Å². The summed E-state index contributed by atoms with van der Waals surface area (Å²) in [4.78, 5) is 15.2. The summed E-state index contributed by atoms with van der Waals surface area (Å²) < 4.78 is 1.62. The zero-order valence-corrected chi connectivity index (χ0v) is 13.8. The van der Waals surface area contributed by atoms with Crippen molar-refractivity contribution in [2.75, 3.05) is 0 Å². The Kier molecular flexibility index (Phi) is 3.07. The minimum Gasteiger partial charge on any atom is -0.317 e. The quantitative estimate of drug-likeness (QED) is 0.836. The van der Waals surface area contributed by atoms with Crippen molar-refractivity contribution in [2.45, 2.75) is 42.6 Å². The Morgan fingerprint density at radius 1 is 1.45 bits per heavy atom. The number of amides is 1. The molecule has 0 aliphatic carbocycles. The van der Waals surface area contributed by atoms with Crippen molar-refractivity contribution >= 4 is 29.0 Å². The molecule has 2 aromatic heterocycles. The van der Waals surface area contributed by atoms with Crippen molar-refractivity contribution < 1.29 is 4.79 Å². The molecule has 7 nitrogen and oxygen atoms in total. The van der Waals surface area contributed by atoms with Crippen molar-refractivity contribution in [3.63, 3.8) is 0 Å². The molecule has 116 valence electrons. The van der Waals surface area contributed by atoms with E-state index in [1.54, 1.807) is 27.8 Å². The fourth-order valence-corrected chi connectivity index (χ4v) is 5.39. The summed E-state index contributed by atoms with van der Waals surface area (Å²) in [6.45, 7) is 4.85. The normalized spacial score (nSPS) is 29.5. The number of aromatic nitrogens is 4. The van der Waals surface area contributed by atoms with Crippen LogP contribution in [0.1, 0.15) is 30.6 Å². The van der Waals surface area contributed by atoms with Crippen molar-refractivity contribution in [1.29, 1.82) is 0 Å². The lowest BCUT2D eigenvalue weighted by Crippen LogP contribution is -2.65. The molecule has 0 aromatic carbocycles. The van der Waals surface area contributed by atoms with E-state index in [0.29, 0.717) is 6.54 Å². The summed E-state index contributed by atoms with van der Waals surface area (Å²) in [5.74, 6) is 0.715. The van der Waals surface area contributed by atoms with Crippen LogP contribution in [-0.2, 0) is 11.3 Å². The summed E-state index contributed by atoms with van der Waals surface area (Å²) in [5, 5.41) is 14.2. The molecular formula is C13H16N6OS2. The van der Waals surface area contributed by atoms with Crippen LogP contribution in [0.2, 0.25) is 0 Å². The number of β-lactam (4-membered cyclic amide) rings is 1. The van der Waals surface area contributed by atoms with Gasteiger partial charge in [-0.2, -0.15) is 0 Å². The van der Waals surface area contributed by atoms with Gasteiger partial charge in [0.2, 0.25) is 5.91 Å². The summed E-state index contributed by atoms with van der Waals surface area (Å²) in [7, 11) is 0. The Morgan fingerprint density at radius 3 is 3.00 bits per heavy atom. The van der Waals surface area contributed by atoms with Crippen LogP contribution in [0.15, 0.2) is 17.5 Å². The molecule has 2 aliphatic rings. The molecule has 2 N–H and O–H groups in total. The molecule has 4 heterocycles. The number of rotatable bonds is 3. The average Bonchev–Trinajstić information content (AvgIpc) is 3.18. The zero-order chi connectivity index (χ0) is 15.5. The number of fused-ring (bicyclic) bond motifs is 1. The predicted molar refractivity (Wildman–Crippen MR) is 84.3 cm³/mol. The number of carbonyl (C=O) groups is 1. The van der Waals surface area contributed by atoms with E-state index in [-0.39, 0.29) is 22.1 Å². The van der Waals surface area contributed by atoms with Crippen LogP contribution in [0.5, 0.6) is 0 Å². The molecule has 3 atom stereocenters. The maximum Gasteiger partial charge on any atom is 0.244 e. The first-order chi connectivity index (χ1) is 10.5. The second-order valence-corrected chi connectivity index (χ2v) is 8.86. The van der Waals surface area contributed by atoms with E-state index in [1.165, 1.54) is 4.88 Å². The number of thiophene rings is 1. The van der Waals surface area contributed by atoms with E-state index >= 15 is 0 Å². The van der Waals surface area contributed by atoms with Gasteiger partial charge in [-0.05, 0) is 35.7 Å². The lowest BCUT2D eigenvalue weighted by Gasteiger charge is -2.42. The maximum absolute atomic E-state index is 12.2. The molecule has 0 spiro atoms. The third-order valence-corrected chi connectivity index (χ3v) is 6.63. The number of hydrogen-bond acceptors (Lipinski definition) is 7. The van der Waals surface area contributed by atoms with Gasteiger partial charge in [0.05, 0.1) is 6.54 Å². The van der Waals surface area contributed by atoms with Crippen LogP contribution in [-0.4, -0.2) is 47.2 Å². The summed E-state index contributed by atoms with van der Waals surface area (Å²) >= 11 is 3.39. The highest BCUT2D eigenvalue weighted by Gasteiger charge is 2.61. The molecule has 0 saturated carbocycles. The number of carbonyl (C=O) groups excluding carboxylic acids is 1. The van der Waals surface area contributed by atoms with E-state index < -0.39 is 6.04 Å². The number of thioether (sulfide) groups is 1. The van der Waals surface area contributed by atoms with E-state index in [9.17, 15) is 4.79 Å². The molecule has 2 unspecified atom stereocenters. The minimum absolute atomic E-state index is 0.0150. The molecule has 0 radical (unpaired) electrons. The monoisotopic (exact) mass is 336 g/mol. The van der Waals surface area contributed by atoms with Gasteiger partial charge < -0.3 is 10.6 Å². The second kappa shape index (κ2) is 4.77. The second-order valence-electron chi connectivity index (χ2n) is 6.06. The standard InChI is InChI=1S/C13H16N6OS2/c1-13(2)9(19-11(20)8(14)12(19)22-13)10-15-16-17-18(10)6-7-4-3-5-21-7/h3-5,8-9,12H,6,14H2,1-2H3/t8?,9?,12-/m0/s1. The minimum atomic E-state index is -0.407. The predicted octanol–water partition coefficient (Wildman–Crippen LogP) is 0.845. The first-order valence-corrected chi connectivity index (χ1v) is 8.79. The highest BCUT2D eigenvalue weighted by molar-refractivity contribution is 8.01. The molecule has 9 heteroatoms. The topological polar surface area (TPSA) is 89.9 Å². The van der Waals surface area contributed by atoms with Gasteiger partial charge >= 0.3 is 0 Å². The molecule has 1 amide bonds. The fourth-order valence-electron chi connectivity index (χ4n) is 3.13. The third kappa shape index (κ3) is 1.92. The van der Waals surface area contributed by atoms with E-state index in [0.717, 1.165) is 5.82 Å². The lowest BCUT2D eigenvalue weighted by molar-refractivity contribution is -0.147. The summed E-state index contributed by atoms with van der Waals surface area (Å²) in [6, 6.07) is 3.51. The van der Waals surface area contributed by atoms with E-state index in [4.69, 9.17) is 5.73 Å². The third-order valence-electron chi connectivity index (χ3n) is 4.17. The summed E-state index contributed by atoms with van der Waals surface area (Å²) in [5.41, 5.74) is 5.92. The van der Waals surface area contributed by atoms with Crippen LogP contribution in [0.3, 0.4) is 0 Å². The summed E-state index contributed by atoms with van der Waals surface area (Å²) in [6.07, 6.45) is 0. The number of nitrogens with zero attached hydrogens (tertiary/aromatic N) is 5. The van der Waals surface area contributed by atoms with Crippen LogP contribution in [0.25, 0.3) is 0 Å². The van der Waals surface area contributed by atoms with Crippen molar-refractivity contribution in [3.05, 3.63) is 28.2 Å². The van der Waals surface area contributed by atoms with Gasteiger partial charge in [0.25, 0.3) is 0 Å². The van der Waals surface area contributed by atoms with Gasteiger partial charge in [0, 0.05) is 9.62 Å². The first kappa shape index (κ1) is 14.2. The van der Waals surface area contributed by atoms with Gasteiger partial charge in [-0.3, -0.25) is 4.79 Å². The number of nitrogens with two attached hydrogens (primary N) is 1. The maximum atomic E-state index is 12.2. The largest absolute Gasteiger partial charge is 0.317 e. The van der Waals surface area contributed by atoms with Crippen molar-refractivity contribution in [3.8, 4) is 0 Å². The van der Waals surface area contributed by atoms with Gasteiger partial charge in [0.15, 0.2) is 5.82 Å². The Hall–Kier alpha value is -1.45. The Morgan fingerprint density at radius 2 is 2.27 bits per heavy atom. The SMILES string of the molecule is CC1(C)S[C@H]2C(N)C(=O)N2C1c1nnnn1Cc1cccs1. The number of tetrazole rings is 1. The highest BCUT2D eigenvalue weighted by atomic mass is 32.2. The Bertz CT molecular complexity index is 712. The molecule has 2 saturated heterocycles. The van der Waals surface area contributed by atoms with Gasteiger partial charge in [-0.15, -0.1) is 28.2 Å². The molecule has 4 rings (SSSR count). The molecule has 22 heavy (non-hydrogen) atoms.